The van der Waals surface area contributed by atoms with Gasteiger partial charge in [-0.15, -0.1) is 0 Å². The minimum Gasteiger partial charge on any atom is -0.611 e. The third-order valence-electron chi connectivity index (χ3n) is 8.23. The van der Waals surface area contributed by atoms with Crippen molar-refractivity contribution in [2.75, 3.05) is 18.4 Å². The highest BCUT2D eigenvalue weighted by molar-refractivity contribution is 7.92. The lowest BCUT2D eigenvalue weighted by Crippen LogP contribution is -2.27. The van der Waals surface area contributed by atoms with Crippen molar-refractivity contribution in [2.24, 2.45) is 0 Å². The second-order valence-electron chi connectivity index (χ2n) is 11.4. The molecule has 7 nitrogen and oxygen atoms in total. The van der Waals surface area contributed by atoms with Gasteiger partial charge >= 0.3 is 0 Å². The average Bonchev–Trinajstić information content (AvgIpc) is 3.68. The molecule has 2 aromatic carbocycles. The number of hydrogen-bond donors (Lipinski definition) is 2. The summed E-state index contributed by atoms with van der Waals surface area (Å²) in [7, 11) is 0. The van der Waals surface area contributed by atoms with Crippen LogP contribution in [0.3, 0.4) is 0 Å². The first-order valence-corrected chi connectivity index (χ1v) is 15.6. The zero-order valence-electron chi connectivity index (χ0n) is 23.4. The first kappa shape index (κ1) is 27.0. The van der Waals surface area contributed by atoms with Crippen molar-refractivity contribution in [3.05, 3.63) is 76.2 Å². The minimum absolute atomic E-state index is 0.0565. The van der Waals surface area contributed by atoms with E-state index in [9.17, 15) is 9.35 Å². The minimum atomic E-state index is -1.23. The molecule has 4 aromatic rings. The summed E-state index contributed by atoms with van der Waals surface area (Å²) in [5.41, 5.74) is 5.14. The first-order chi connectivity index (χ1) is 19.4. The Morgan fingerprint density at radius 2 is 1.82 bits per heavy atom. The maximum Gasteiger partial charge on any atom is 0.260 e. The lowest BCUT2D eigenvalue weighted by atomic mass is 9.98. The largest absolute Gasteiger partial charge is 0.611 e. The van der Waals surface area contributed by atoms with Gasteiger partial charge in [0.2, 0.25) is 5.95 Å². The second kappa shape index (κ2) is 11.4. The smallest absolute Gasteiger partial charge is 0.260 e. The fourth-order valence-electron chi connectivity index (χ4n) is 6.05. The second-order valence-corrected chi connectivity index (χ2v) is 13.4. The SMILES string of the molecule is Cc1ccc(-c2cc3cnc(Nc4ccc(C5CCNC5)cc4)nc3n(C3CCCC3)c2=O)c([S+]([O-])C(C)C)c1. The molecule has 40 heavy (non-hydrogen) atoms. The van der Waals surface area contributed by atoms with Gasteiger partial charge in [-0.3, -0.25) is 9.36 Å². The van der Waals surface area contributed by atoms with Crippen LogP contribution in [0.5, 0.6) is 0 Å². The molecule has 2 aliphatic rings. The maximum absolute atomic E-state index is 14.2. The van der Waals surface area contributed by atoms with Gasteiger partial charge in [-0.1, -0.05) is 31.0 Å². The van der Waals surface area contributed by atoms with E-state index in [0.29, 0.717) is 28.0 Å². The molecule has 1 aliphatic heterocycles. The molecule has 8 heteroatoms. The Labute approximate surface area is 238 Å². The van der Waals surface area contributed by atoms with Gasteiger partial charge < -0.3 is 15.2 Å². The number of aromatic nitrogens is 3. The lowest BCUT2D eigenvalue weighted by Gasteiger charge is -2.21. The van der Waals surface area contributed by atoms with Crippen LogP contribution in [0.25, 0.3) is 22.2 Å². The molecule has 2 atom stereocenters. The van der Waals surface area contributed by atoms with Crippen molar-refractivity contribution in [2.45, 2.75) is 75.0 Å². The van der Waals surface area contributed by atoms with Gasteiger partial charge in [0.05, 0.1) is 5.56 Å². The van der Waals surface area contributed by atoms with Crippen LogP contribution in [0.4, 0.5) is 11.6 Å². The monoisotopic (exact) mass is 555 g/mol. The number of rotatable bonds is 7. The third kappa shape index (κ3) is 5.28. The highest BCUT2D eigenvalue weighted by atomic mass is 32.2. The Kier molecular flexibility index (Phi) is 7.66. The maximum atomic E-state index is 14.2. The van der Waals surface area contributed by atoms with Gasteiger partial charge in [-0.2, -0.15) is 4.98 Å². The Morgan fingerprint density at radius 1 is 1.05 bits per heavy atom. The van der Waals surface area contributed by atoms with E-state index in [1.807, 2.05) is 49.6 Å². The van der Waals surface area contributed by atoms with Crippen molar-refractivity contribution in [1.82, 2.24) is 19.9 Å². The molecule has 6 rings (SSSR count). The highest BCUT2D eigenvalue weighted by Gasteiger charge is 2.27. The van der Waals surface area contributed by atoms with Gasteiger partial charge in [0.25, 0.3) is 5.56 Å². The molecule has 0 radical (unpaired) electrons. The van der Waals surface area contributed by atoms with E-state index in [4.69, 9.17) is 4.98 Å². The summed E-state index contributed by atoms with van der Waals surface area (Å²) >= 11 is -1.23. The van der Waals surface area contributed by atoms with Crippen molar-refractivity contribution in [3.8, 4) is 11.1 Å². The molecule has 208 valence electrons. The lowest BCUT2D eigenvalue weighted by molar-refractivity contribution is 0.516. The van der Waals surface area contributed by atoms with Crippen molar-refractivity contribution in [1.29, 1.82) is 0 Å². The molecule has 1 saturated heterocycles. The average molecular weight is 556 g/mol. The number of hydrogen-bond acceptors (Lipinski definition) is 6. The Bertz CT molecular complexity index is 1570. The van der Waals surface area contributed by atoms with Gasteiger partial charge in [-0.25, -0.2) is 4.98 Å². The van der Waals surface area contributed by atoms with Gasteiger partial charge in [0.15, 0.2) is 4.90 Å². The van der Waals surface area contributed by atoms with E-state index >= 15 is 0 Å². The standard InChI is InChI=1S/C32H37N5O2S/c1-20(2)40(39)29-16-21(3)8-13-27(29)28-17-24-19-34-32(36-30(24)37(31(28)38)26-6-4-5-7-26)35-25-11-9-22(10-12-25)23-14-15-33-18-23/h8-13,16-17,19-20,23,26,33H,4-7,14-15,18H2,1-3H3,(H,34,35,36). The van der Waals surface area contributed by atoms with Crippen LogP contribution in [0.1, 0.15) is 69.0 Å². The molecule has 2 aromatic heterocycles. The normalized spacial score (nSPS) is 18.6. The van der Waals surface area contributed by atoms with E-state index in [2.05, 4.69) is 39.9 Å². The molecule has 1 aliphatic carbocycles. The molecular formula is C32H37N5O2S. The number of anilines is 2. The number of fused-ring (bicyclic) bond motifs is 1. The zero-order chi connectivity index (χ0) is 27.8. The van der Waals surface area contributed by atoms with E-state index in [1.54, 1.807) is 6.20 Å². The topological polar surface area (TPSA) is 94.9 Å². The summed E-state index contributed by atoms with van der Waals surface area (Å²) in [6, 6.07) is 16.3. The summed E-state index contributed by atoms with van der Waals surface area (Å²) in [4.78, 5) is 24.4. The summed E-state index contributed by atoms with van der Waals surface area (Å²) in [6.07, 6.45) is 7.04. The summed E-state index contributed by atoms with van der Waals surface area (Å²) in [6.45, 7) is 7.98. The Hall–Kier alpha value is -3.20. The molecule has 0 bridgehead atoms. The van der Waals surface area contributed by atoms with Crippen molar-refractivity contribution < 1.29 is 4.55 Å². The van der Waals surface area contributed by atoms with Crippen LogP contribution in [0.2, 0.25) is 0 Å². The Morgan fingerprint density at radius 3 is 2.52 bits per heavy atom. The predicted molar refractivity (Wildman–Crippen MR) is 163 cm³/mol. The molecule has 2 N–H and O–H groups in total. The van der Waals surface area contributed by atoms with Gasteiger partial charge in [0.1, 0.15) is 10.9 Å². The molecule has 2 unspecified atom stereocenters. The molecule has 3 heterocycles. The summed E-state index contributed by atoms with van der Waals surface area (Å²) in [5, 5.41) is 7.52. The first-order valence-electron chi connectivity index (χ1n) is 14.4. The number of aryl methyl sites for hydroxylation is 1. The van der Waals surface area contributed by atoms with E-state index < -0.39 is 11.2 Å². The highest BCUT2D eigenvalue weighted by Crippen LogP contribution is 2.35. The van der Waals surface area contributed by atoms with Crippen molar-refractivity contribution in [3.63, 3.8) is 0 Å². The fraction of sp³-hybridized carbons (Fsp3) is 0.406. The summed E-state index contributed by atoms with van der Waals surface area (Å²) in [5.74, 6) is 1.03. The van der Waals surface area contributed by atoms with Gasteiger partial charge in [-0.05, 0) is 105 Å². The van der Waals surface area contributed by atoms with Gasteiger partial charge in [0, 0.05) is 35.4 Å². The van der Waals surface area contributed by atoms with Crippen LogP contribution in [0, 0.1) is 6.92 Å². The number of benzene rings is 2. The van der Waals surface area contributed by atoms with E-state index in [1.165, 1.54) is 12.0 Å². The third-order valence-corrected chi connectivity index (χ3v) is 9.86. The fourth-order valence-corrected chi connectivity index (χ4v) is 7.26. The predicted octanol–water partition coefficient (Wildman–Crippen LogP) is 6.22. The molecule has 0 amide bonds. The van der Waals surface area contributed by atoms with Crippen LogP contribution < -0.4 is 16.2 Å². The van der Waals surface area contributed by atoms with Crippen LogP contribution in [0.15, 0.2) is 64.4 Å². The van der Waals surface area contributed by atoms with Crippen LogP contribution in [-0.2, 0) is 11.2 Å². The zero-order valence-corrected chi connectivity index (χ0v) is 24.3. The molecular weight excluding hydrogens is 518 g/mol. The Balaban J connectivity index is 1.42. The summed E-state index contributed by atoms with van der Waals surface area (Å²) < 4.78 is 15.2. The van der Waals surface area contributed by atoms with Crippen molar-refractivity contribution >= 4 is 33.8 Å². The van der Waals surface area contributed by atoms with Crippen LogP contribution >= 0.6 is 0 Å². The number of nitrogens with one attached hydrogen (secondary N) is 2. The quantitative estimate of drug-likeness (QED) is 0.263. The van der Waals surface area contributed by atoms with E-state index in [0.717, 1.165) is 61.0 Å². The van der Waals surface area contributed by atoms with E-state index in [-0.39, 0.29) is 16.9 Å². The number of nitrogens with zero attached hydrogens (tertiary/aromatic N) is 3. The molecule has 0 spiro atoms. The number of pyridine rings is 1. The molecule has 2 fully saturated rings. The molecule has 1 saturated carbocycles. The van der Waals surface area contributed by atoms with Crippen LogP contribution in [-0.4, -0.2) is 37.4 Å².